The molecule has 0 saturated heterocycles. The van der Waals surface area contributed by atoms with E-state index in [0.717, 1.165) is 40.3 Å². The van der Waals surface area contributed by atoms with Gasteiger partial charge in [0.1, 0.15) is 5.84 Å². The molecule has 0 aliphatic carbocycles. The molecule has 2 rings (SSSR count). The number of ether oxygens (including phenoxy) is 1. The number of nitrogens with zero attached hydrogens (tertiary/aromatic N) is 3. The summed E-state index contributed by atoms with van der Waals surface area (Å²) in [6, 6.07) is 9.55. The smallest absolute Gasteiger partial charge is 0.224 e. The number of allylic oxidation sites excluding steroid dienone is 3. The Morgan fingerprint density at radius 1 is 1.20 bits per heavy atom. The molecule has 0 aliphatic rings. The highest BCUT2D eigenvalue weighted by atomic mass is 32.2. The Bertz CT molecular complexity index is 1170. The van der Waals surface area contributed by atoms with Gasteiger partial charge in [-0.1, -0.05) is 56.7 Å². The van der Waals surface area contributed by atoms with Gasteiger partial charge in [-0.15, -0.1) is 0 Å². The summed E-state index contributed by atoms with van der Waals surface area (Å²) in [6.45, 7) is 15.5. The van der Waals surface area contributed by atoms with Crippen molar-refractivity contribution in [2.45, 2.75) is 85.1 Å². The Hall–Kier alpha value is -3.21. The molecule has 0 aliphatic heterocycles. The summed E-state index contributed by atoms with van der Waals surface area (Å²) in [7, 11) is 1.72. The molecule has 0 radical (unpaired) electrons. The quantitative estimate of drug-likeness (QED) is 0.0912. The largest absolute Gasteiger partial charge is 0.377 e. The number of nitrogens with one attached hydrogen (secondary N) is 3. The lowest BCUT2D eigenvalue weighted by molar-refractivity contribution is -0.115. The van der Waals surface area contributed by atoms with Crippen LogP contribution in [0.15, 0.2) is 68.5 Å². The normalized spacial score (nSPS) is 13.4. The van der Waals surface area contributed by atoms with Crippen molar-refractivity contribution in [2.24, 2.45) is 15.7 Å². The number of hydrogen-bond acceptors (Lipinski definition) is 6. The zero-order valence-electron chi connectivity index (χ0n) is 26.0. The average Bonchev–Trinajstić information content (AvgIpc) is 3.39. The highest BCUT2D eigenvalue weighted by Gasteiger charge is 2.10. The van der Waals surface area contributed by atoms with E-state index >= 15 is 0 Å². The topological polar surface area (TPSA) is 130 Å². The molecule has 1 atom stereocenters. The number of H-pyrrole nitrogens is 1. The SMILES string of the molecule is CCCC(CC)OCCN.C\C=C(C)/C=C(C)/C(=N\C(=NC)Sc1ccc(NC(=O)CC)cc1)Nc1cc(C)[nH]n1. The lowest BCUT2D eigenvalue weighted by Crippen LogP contribution is -2.17. The molecular weight excluding hydrogens is 534 g/mol. The van der Waals surface area contributed by atoms with E-state index in [-0.39, 0.29) is 5.91 Å². The third-order valence-corrected chi connectivity index (χ3v) is 6.79. The zero-order valence-corrected chi connectivity index (χ0v) is 26.8. The number of aromatic amines is 1. The van der Waals surface area contributed by atoms with Gasteiger partial charge in [0.2, 0.25) is 5.91 Å². The van der Waals surface area contributed by atoms with E-state index < -0.39 is 0 Å². The number of rotatable bonds is 12. The van der Waals surface area contributed by atoms with Gasteiger partial charge in [-0.25, -0.2) is 4.99 Å². The molecule has 41 heavy (non-hydrogen) atoms. The summed E-state index contributed by atoms with van der Waals surface area (Å²) in [6.07, 6.45) is 8.46. The molecule has 1 heterocycles. The third-order valence-electron chi connectivity index (χ3n) is 5.83. The van der Waals surface area contributed by atoms with Crippen molar-refractivity contribution in [1.82, 2.24) is 10.2 Å². The van der Waals surface area contributed by atoms with Crippen molar-refractivity contribution < 1.29 is 9.53 Å². The molecule has 2 aromatic rings. The van der Waals surface area contributed by atoms with Crippen LogP contribution in [0.2, 0.25) is 0 Å². The van der Waals surface area contributed by atoms with Crippen molar-refractivity contribution in [3.63, 3.8) is 0 Å². The molecule has 0 bridgehead atoms. The molecule has 1 unspecified atom stereocenters. The Labute approximate surface area is 250 Å². The number of carbonyl (C=O) groups excluding carboxylic acids is 1. The third kappa shape index (κ3) is 14.8. The Morgan fingerprint density at radius 3 is 2.41 bits per heavy atom. The molecular formula is C31H49N7O2S. The van der Waals surface area contributed by atoms with Gasteiger partial charge in [0.15, 0.2) is 11.0 Å². The van der Waals surface area contributed by atoms with Crippen molar-refractivity contribution in [1.29, 1.82) is 0 Å². The fourth-order valence-electron chi connectivity index (χ4n) is 3.45. The van der Waals surface area contributed by atoms with Crippen molar-refractivity contribution in [2.75, 3.05) is 30.8 Å². The second-order valence-electron chi connectivity index (χ2n) is 9.39. The van der Waals surface area contributed by atoms with Crippen LogP contribution in [0.5, 0.6) is 0 Å². The van der Waals surface area contributed by atoms with E-state index in [9.17, 15) is 4.79 Å². The zero-order chi connectivity index (χ0) is 30.6. The number of aromatic nitrogens is 2. The minimum atomic E-state index is -0.0104. The molecule has 10 heteroatoms. The summed E-state index contributed by atoms with van der Waals surface area (Å²) < 4.78 is 5.46. The fraction of sp³-hybridized carbons (Fsp3) is 0.484. The van der Waals surface area contributed by atoms with E-state index in [4.69, 9.17) is 15.5 Å². The van der Waals surface area contributed by atoms with Crippen LogP contribution >= 0.6 is 11.8 Å². The number of thioether (sulfide) groups is 1. The van der Waals surface area contributed by atoms with Crippen molar-refractivity contribution in [3.8, 4) is 0 Å². The van der Waals surface area contributed by atoms with E-state index in [1.807, 2.05) is 71.0 Å². The fourth-order valence-corrected chi connectivity index (χ4v) is 4.16. The van der Waals surface area contributed by atoms with Crippen molar-refractivity contribution in [3.05, 3.63) is 59.3 Å². The van der Waals surface area contributed by atoms with Gasteiger partial charge in [0.05, 0.1) is 12.7 Å². The maximum Gasteiger partial charge on any atom is 0.224 e. The van der Waals surface area contributed by atoms with Gasteiger partial charge in [0.25, 0.3) is 0 Å². The van der Waals surface area contributed by atoms with Crippen LogP contribution in [0.1, 0.15) is 72.9 Å². The number of anilines is 2. The molecule has 1 aromatic heterocycles. The van der Waals surface area contributed by atoms with Gasteiger partial charge < -0.3 is 21.1 Å². The highest BCUT2D eigenvalue weighted by Crippen LogP contribution is 2.23. The first kappa shape index (κ1) is 35.8. The van der Waals surface area contributed by atoms with Crippen LogP contribution in [-0.4, -0.2) is 53.4 Å². The standard InChI is InChI=1S/C23H30N6OS.C8H19NO/c1-7-15(3)13-16(4)22(26-20-14-17(5)28-29-20)27-23(24-6)31-19-11-9-18(10-12-19)25-21(30)8-2;1-3-5-8(4-2)10-7-6-9/h7,9-14H,8H2,1-6H3,(H,25,30)(H2,24,26,27,28,29);8H,3-7,9H2,1-2H3/b15-7-,16-13+;. The van der Waals surface area contributed by atoms with Gasteiger partial charge in [-0.05, 0) is 70.4 Å². The van der Waals surface area contributed by atoms with Gasteiger partial charge in [-0.3, -0.25) is 14.9 Å². The summed E-state index contributed by atoms with van der Waals surface area (Å²) in [5.74, 6) is 1.36. The van der Waals surface area contributed by atoms with Crippen molar-refractivity contribution >= 4 is 40.2 Å². The predicted octanol–water partition coefficient (Wildman–Crippen LogP) is 7.11. The second kappa shape index (κ2) is 20.6. The Balaban J connectivity index is 0.000000716. The van der Waals surface area contributed by atoms with E-state index in [0.29, 0.717) is 42.5 Å². The molecule has 226 valence electrons. The lowest BCUT2D eigenvalue weighted by atomic mass is 10.1. The average molecular weight is 584 g/mol. The number of benzene rings is 1. The van der Waals surface area contributed by atoms with Crippen LogP contribution in [0, 0.1) is 6.92 Å². The number of aliphatic imine (C=N–C) groups is 2. The molecule has 5 N–H and O–H groups in total. The molecule has 1 amide bonds. The number of carbonyl (C=O) groups is 1. The molecule has 0 fully saturated rings. The predicted molar refractivity (Wildman–Crippen MR) is 176 cm³/mol. The Morgan fingerprint density at radius 2 is 1.90 bits per heavy atom. The van der Waals surface area contributed by atoms with Gasteiger partial charge in [0, 0.05) is 42.4 Å². The number of hydrogen-bond donors (Lipinski definition) is 4. The number of amidine groups is 2. The highest BCUT2D eigenvalue weighted by molar-refractivity contribution is 8.14. The van der Waals surface area contributed by atoms with E-state index in [1.165, 1.54) is 18.2 Å². The molecule has 1 aromatic carbocycles. The second-order valence-corrected chi connectivity index (χ2v) is 10.4. The van der Waals surface area contributed by atoms with Crippen LogP contribution in [0.25, 0.3) is 0 Å². The first-order valence-corrected chi connectivity index (χ1v) is 15.1. The number of aryl methyl sites for hydroxylation is 1. The summed E-state index contributed by atoms with van der Waals surface area (Å²) in [5.41, 5.74) is 9.14. The van der Waals surface area contributed by atoms with Gasteiger partial charge >= 0.3 is 0 Å². The van der Waals surface area contributed by atoms with Gasteiger partial charge in [-0.2, -0.15) is 5.10 Å². The minimum absolute atomic E-state index is 0.0104. The van der Waals surface area contributed by atoms with Crippen LogP contribution in [0.4, 0.5) is 11.5 Å². The lowest BCUT2D eigenvalue weighted by Gasteiger charge is -2.13. The summed E-state index contributed by atoms with van der Waals surface area (Å²) >= 11 is 1.45. The molecule has 9 nitrogen and oxygen atoms in total. The van der Waals surface area contributed by atoms with E-state index in [1.54, 1.807) is 7.05 Å². The van der Waals surface area contributed by atoms with Crippen LogP contribution in [-0.2, 0) is 9.53 Å². The molecule has 0 saturated carbocycles. The maximum absolute atomic E-state index is 11.5. The Kier molecular flexibility index (Phi) is 18.0. The number of amides is 1. The first-order valence-electron chi connectivity index (χ1n) is 14.2. The number of nitrogens with two attached hydrogens (primary N) is 1. The minimum Gasteiger partial charge on any atom is -0.377 e. The summed E-state index contributed by atoms with van der Waals surface area (Å²) in [4.78, 5) is 21.6. The monoisotopic (exact) mass is 583 g/mol. The van der Waals surface area contributed by atoms with E-state index in [2.05, 4.69) is 45.7 Å². The molecule has 0 spiro atoms. The van der Waals surface area contributed by atoms with Crippen LogP contribution < -0.4 is 16.4 Å². The maximum atomic E-state index is 11.5. The summed E-state index contributed by atoms with van der Waals surface area (Å²) in [5, 5.41) is 13.9. The first-order chi connectivity index (χ1) is 19.7. The van der Waals surface area contributed by atoms with Crippen LogP contribution in [0.3, 0.4) is 0 Å².